The Morgan fingerprint density at radius 3 is 2.38 bits per heavy atom. The van der Waals surface area contributed by atoms with Crippen molar-refractivity contribution in [1.29, 1.82) is 0 Å². The number of amides is 1. The van der Waals surface area contributed by atoms with Crippen LogP contribution in [0.3, 0.4) is 0 Å². The number of hydrazone groups is 1. The minimum atomic E-state index is -4.04. The highest BCUT2D eigenvalue weighted by atomic mass is 35.5. The second kappa shape index (κ2) is 10.4. The first kappa shape index (κ1) is 24.1. The zero-order chi connectivity index (χ0) is 23.3. The van der Waals surface area contributed by atoms with Crippen LogP contribution in [0, 0.1) is 6.92 Å². The Hall–Kier alpha value is -2.58. The highest BCUT2D eigenvalue weighted by Crippen LogP contribution is 2.26. The molecule has 1 N–H and O–H groups in total. The van der Waals surface area contributed by atoms with Gasteiger partial charge < -0.3 is 0 Å². The van der Waals surface area contributed by atoms with Crippen molar-refractivity contribution >= 4 is 62.6 Å². The molecule has 0 spiro atoms. The first-order valence-corrected chi connectivity index (χ1v) is 11.9. The largest absolute Gasteiger partial charge is 0.271 e. The van der Waals surface area contributed by atoms with E-state index in [-0.39, 0.29) is 10.6 Å². The third-order valence-corrected chi connectivity index (χ3v) is 7.10. The van der Waals surface area contributed by atoms with Gasteiger partial charge in [-0.1, -0.05) is 64.6 Å². The summed E-state index contributed by atoms with van der Waals surface area (Å²) in [5.41, 5.74) is 4.10. The number of aryl methyl sites for hydroxylation is 1. The number of nitrogens with zero attached hydrogens (tertiary/aromatic N) is 2. The highest BCUT2D eigenvalue weighted by Gasteiger charge is 2.27. The Bertz CT molecular complexity index is 1260. The molecule has 0 aliphatic carbocycles. The van der Waals surface area contributed by atoms with Gasteiger partial charge in [0.2, 0.25) is 0 Å². The number of hydrogen-bond donors (Lipinski definition) is 1. The number of hydrogen-bond acceptors (Lipinski definition) is 4. The molecule has 0 saturated carbocycles. The van der Waals surface area contributed by atoms with Gasteiger partial charge in [-0.25, -0.2) is 13.8 Å². The van der Waals surface area contributed by atoms with Crippen molar-refractivity contribution in [2.45, 2.75) is 11.8 Å². The molecule has 0 saturated heterocycles. The molecule has 0 unspecified atom stereocenters. The summed E-state index contributed by atoms with van der Waals surface area (Å²) in [5.74, 6) is -0.642. The third kappa shape index (κ3) is 6.01. The van der Waals surface area contributed by atoms with E-state index < -0.39 is 22.5 Å². The fraction of sp³-hybridized carbons (Fsp3) is 0.0909. The van der Waals surface area contributed by atoms with Crippen LogP contribution in [0.5, 0.6) is 0 Å². The molecular formula is C22H18Cl3N3O3S. The maximum atomic E-state index is 13.3. The highest BCUT2D eigenvalue weighted by molar-refractivity contribution is 7.92. The number of benzene rings is 3. The molecule has 10 heteroatoms. The van der Waals surface area contributed by atoms with E-state index in [2.05, 4.69) is 10.5 Å². The van der Waals surface area contributed by atoms with Crippen LogP contribution in [0.1, 0.15) is 11.1 Å². The van der Waals surface area contributed by atoms with E-state index >= 15 is 0 Å². The van der Waals surface area contributed by atoms with Gasteiger partial charge >= 0.3 is 0 Å². The molecule has 0 fully saturated rings. The molecule has 1 amide bonds. The summed E-state index contributed by atoms with van der Waals surface area (Å²) in [6, 6.07) is 17.5. The maximum absolute atomic E-state index is 13.3. The van der Waals surface area contributed by atoms with Crippen molar-refractivity contribution < 1.29 is 13.2 Å². The normalized spacial score (nSPS) is 11.5. The first-order chi connectivity index (χ1) is 15.2. The second-order valence-corrected chi connectivity index (χ2v) is 9.88. The van der Waals surface area contributed by atoms with E-state index in [4.69, 9.17) is 34.8 Å². The summed E-state index contributed by atoms with van der Waals surface area (Å²) in [4.78, 5) is 12.6. The lowest BCUT2D eigenvalue weighted by atomic mass is 10.2. The van der Waals surface area contributed by atoms with Crippen LogP contribution in [0.4, 0.5) is 5.69 Å². The number of carbonyl (C=O) groups is 1. The molecule has 32 heavy (non-hydrogen) atoms. The minimum Gasteiger partial charge on any atom is -0.271 e. The van der Waals surface area contributed by atoms with Crippen molar-refractivity contribution in [3.05, 3.63) is 92.9 Å². The zero-order valence-electron chi connectivity index (χ0n) is 16.8. The van der Waals surface area contributed by atoms with Gasteiger partial charge in [0.25, 0.3) is 15.9 Å². The molecule has 3 aromatic carbocycles. The van der Waals surface area contributed by atoms with Crippen molar-refractivity contribution in [2.24, 2.45) is 5.10 Å². The van der Waals surface area contributed by atoms with Gasteiger partial charge in [-0.2, -0.15) is 5.10 Å². The van der Waals surface area contributed by atoms with Crippen LogP contribution in [-0.4, -0.2) is 27.1 Å². The van der Waals surface area contributed by atoms with Crippen LogP contribution in [0.25, 0.3) is 0 Å². The quantitative estimate of drug-likeness (QED) is 0.346. The Kier molecular flexibility index (Phi) is 7.79. The minimum absolute atomic E-state index is 0.0511. The summed E-state index contributed by atoms with van der Waals surface area (Å²) in [7, 11) is -4.04. The molecule has 0 bridgehead atoms. The van der Waals surface area contributed by atoms with E-state index in [1.54, 1.807) is 48.5 Å². The second-order valence-electron chi connectivity index (χ2n) is 6.77. The fourth-order valence-corrected chi connectivity index (χ4v) is 4.62. The molecular weight excluding hydrogens is 493 g/mol. The third-order valence-electron chi connectivity index (χ3n) is 4.34. The van der Waals surface area contributed by atoms with Crippen LogP contribution in [0.2, 0.25) is 15.1 Å². The lowest BCUT2D eigenvalue weighted by Gasteiger charge is -2.24. The van der Waals surface area contributed by atoms with E-state index in [0.717, 1.165) is 9.87 Å². The predicted octanol–water partition coefficient (Wildman–Crippen LogP) is 5.30. The standard InChI is InChI=1S/C22H18Cl3N3O3S/c1-15-5-8-19(9-6-15)32(30,31)28(18-4-2-3-17(23)12-18)14-22(29)27-26-13-16-7-10-20(24)21(25)11-16/h2-13H,14H2,1H3,(H,27,29)/b26-13-. The topological polar surface area (TPSA) is 78.8 Å². The molecule has 0 radical (unpaired) electrons. The number of anilines is 1. The van der Waals surface area contributed by atoms with Crippen LogP contribution >= 0.6 is 34.8 Å². The lowest BCUT2D eigenvalue weighted by molar-refractivity contribution is -0.119. The van der Waals surface area contributed by atoms with Gasteiger partial charge in [0.1, 0.15) is 6.54 Å². The molecule has 0 aliphatic heterocycles. The van der Waals surface area contributed by atoms with Crippen molar-refractivity contribution in [3.8, 4) is 0 Å². The number of carbonyl (C=O) groups excluding carboxylic acids is 1. The van der Waals surface area contributed by atoms with E-state index in [1.807, 2.05) is 6.92 Å². The SMILES string of the molecule is Cc1ccc(S(=O)(=O)N(CC(=O)N/N=C\c2ccc(Cl)c(Cl)c2)c2cccc(Cl)c2)cc1. The van der Waals surface area contributed by atoms with Gasteiger partial charge in [0.05, 0.1) is 26.8 Å². The van der Waals surface area contributed by atoms with Crippen molar-refractivity contribution in [1.82, 2.24) is 5.43 Å². The van der Waals surface area contributed by atoms with Crippen LogP contribution in [-0.2, 0) is 14.8 Å². The number of sulfonamides is 1. The molecule has 0 aromatic heterocycles. The number of nitrogens with one attached hydrogen (secondary N) is 1. The Morgan fingerprint density at radius 1 is 1.00 bits per heavy atom. The number of halogens is 3. The average Bonchev–Trinajstić information content (AvgIpc) is 2.75. The Morgan fingerprint density at radius 2 is 1.72 bits per heavy atom. The van der Waals surface area contributed by atoms with Gasteiger partial charge in [-0.15, -0.1) is 0 Å². The van der Waals surface area contributed by atoms with E-state index in [9.17, 15) is 13.2 Å². The monoisotopic (exact) mass is 509 g/mol. The summed E-state index contributed by atoms with van der Waals surface area (Å²) < 4.78 is 27.6. The molecule has 0 atom stereocenters. The summed E-state index contributed by atoms with van der Waals surface area (Å²) in [6.45, 7) is 1.35. The fourth-order valence-electron chi connectivity index (χ4n) is 2.72. The predicted molar refractivity (Wildman–Crippen MR) is 129 cm³/mol. The van der Waals surface area contributed by atoms with Crippen LogP contribution < -0.4 is 9.73 Å². The van der Waals surface area contributed by atoms with Gasteiger partial charge in [-0.05, 0) is 55.0 Å². The summed E-state index contributed by atoms with van der Waals surface area (Å²) in [6.07, 6.45) is 1.37. The number of rotatable bonds is 7. The Labute approximate surface area is 201 Å². The van der Waals surface area contributed by atoms with E-state index in [1.165, 1.54) is 24.4 Å². The van der Waals surface area contributed by atoms with Gasteiger partial charge in [0, 0.05) is 5.02 Å². The first-order valence-electron chi connectivity index (χ1n) is 9.29. The molecule has 3 aromatic rings. The summed E-state index contributed by atoms with van der Waals surface area (Å²) >= 11 is 17.9. The van der Waals surface area contributed by atoms with Crippen molar-refractivity contribution in [2.75, 3.05) is 10.8 Å². The molecule has 166 valence electrons. The van der Waals surface area contributed by atoms with Crippen LogP contribution in [0.15, 0.2) is 76.7 Å². The molecule has 0 heterocycles. The zero-order valence-corrected chi connectivity index (χ0v) is 19.9. The molecule has 3 rings (SSSR count). The van der Waals surface area contributed by atoms with E-state index in [0.29, 0.717) is 20.6 Å². The smallest absolute Gasteiger partial charge is 0.264 e. The summed E-state index contributed by atoms with van der Waals surface area (Å²) in [5, 5.41) is 4.95. The lowest BCUT2D eigenvalue weighted by Crippen LogP contribution is -2.39. The van der Waals surface area contributed by atoms with Gasteiger partial charge in [0.15, 0.2) is 0 Å². The average molecular weight is 511 g/mol. The molecule has 6 nitrogen and oxygen atoms in total. The van der Waals surface area contributed by atoms with Crippen molar-refractivity contribution in [3.63, 3.8) is 0 Å². The maximum Gasteiger partial charge on any atom is 0.264 e. The Balaban J connectivity index is 1.84. The van der Waals surface area contributed by atoms with Gasteiger partial charge in [-0.3, -0.25) is 9.10 Å². The molecule has 0 aliphatic rings.